The molecule has 1 unspecified atom stereocenters. The molecule has 0 spiro atoms. The van der Waals surface area contributed by atoms with Gasteiger partial charge in [0.05, 0.1) is 34.5 Å². The second-order valence-electron chi connectivity index (χ2n) is 6.98. The average Bonchev–Trinajstić information content (AvgIpc) is 2.67. The van der Waals surface area contributed by atoms with Crippen LogP contribution in [0.3, 0.4) is 0 Å². The molecule has 1 fully saturated rings. The minimum Gasteiger partial charge on any atom is -0.391 e. The molecule has 3 rings (SSSR count). The summed E-state index contributed by atoms with van der Waals surface area (Å²) in [5, 5.41) is 22.4. The number of hydrogen-bond acceptors (Lipinski definition) is 4. The maximum atomic E-state index is 12.6. The van der Waals surface area contributed by atoms with E-state index in [0.29, 0.717) is 34.8 Å². The molecule has 0 radical (unpaired) electrons. The number of aromatic nitrogens is 1. The highest BCUT2D eigenvalue weighted by atomic mass is 35.5. The van der Waals surface area contributed by atoms with E-state index in [1.54, 1.807) is 25.1 Å². The SMILES string of the molecule is Cc1nc(C(=O)NC2CCCC[C@@H]2O)cc(Cc2ccc(C#N)cc2)c1Cl. The zero-order chi connectivity index (χ0) is 19.4. The van der Waals surface area contributed by atoms with E-state index in [1.807, 2.05) is 12.1 Å². The first-order valence-electron chi connectivity index (χ1n) is 9.12. The lowest BCUT2D eigenvalue weighted by atomic mass is 9.92. The molecule has 1 aliphatic carbocycles. The Morgan fingerprint density at radius 1 is 1.33 bits per heavy atom. The van der Waals surface area contributed by atoms with Gasteiger partial charge < -0.3 is 10.4 Å². The first kappa shape index (κ1) is 19.3. The highest BCUT2D eigenvalue weighted by molar-refractivity contribution is 6.32. The van der Waals surface area contributed by atoms with Crippen LogP contribution in [0.25, 0.3) is 0 Å². The Morgan fingerprint density at radius 2 is 2.04 bits per heavy atom. The molecule has 1 heterocycles. The second-order valence-corrected chi connectivity index (χ2v) is 7.36. The van der Waals surface area contributed by atoms with Crippen LogP contribution in [0.2, 0.25) is 5.02 Å². The van der Waals surface area contributed by atoms with Crippen molar-refractivity contribution in [2.24, 2.45) is 0 Å². The van der Waals surface area contributed by atoms with E-state index in [4.69, 9.17) is 16.9 Å². The van der Waals surface area contributed by atoms with E-state index in [-0.39, 0.29) is 11.9 Å². The number of carbonyl (C=O) groups excluding carboxylic acids is 1. The van der Waals surface area contributed by atoms with Crippen molar-refractivity contribution in [3.63, 3.8) is 0 Å². The van der Waals surface area contributed by atoms with Gasteiger partial charge in [-0.3, -0.25) is 4.79 Å². The van der Waals surface area contributed by atoms with E-state index < -0.39 is 6.10 Å². The Morgan fingerprint density at radius 3 is 2.70 bits per heavy atom. The molecule has 2 N–H and O–H groups in total. The molecule has 2 atom stereocenters. The van der Waals surface area contributed by atoms with Crippen molar-refractivity contribution in [2.75, 3.05) is 0 Å². The number of nitrogens with zero attached hydrogens (tertiary/aromatic N) is 2. The average molecular weight is 384 g/mol. The van der Waals surface area contributed by atoms with Crippen LogP contribution < -0.4 is 5.32 Å². The van der Waals surface area contributed by atoms with Crippen LogP contribution in [0.4, 0.5) is 0 Å². The number of carbonyl (C=O) groups is 1. The first-order chi connectivity index (χ1) is 13.0. The van der Waals surface area contributed by atoms with Crippen LogP contribution in [0.5, 0.6) is 0 Å². The van der Waals surface area contributed by atoms with Gasteiger partial charge in [0.1, 0.15) is 5.69 Å². The summed E-state index contributed by atoms with van der Waals surface area (Å²) < 4.78 is 0. The third kappa shape index (κ3) is 4.65. The van der Waals surface area contributed by atoms with Gasteiger partial charge in [-0.15, -0.1) is 0 Å². The molecule has 5 nitrogen and oxygen atoms in total. The predicted octanol–water partition coefficient (Wildman–Crippen LogP) is 3.54. The van der Waals surface area contributed by atoms with Crippen molar-refractivity contribution in [1.82, 2.24) is 10.3 Å². The summed E-state index contributed by atoms with van der Waals surface area (Å²) in [5.41, 5.74) is 3.30. The molecule has 6 heteroatoms. The highest BCUT2D eigenvalue weighted by Gasteiger charge is 2.25. The Hall–Kier alpha value is -2.42. The fourth-order valence-corrected chi connectivity index (χ4v) is 3.57. The summed E-state index contributed by atoms with van der Waals surface area (Å²) in [6.07, 6.45) is 3.51. The van der Waals surface area contributed by atoms with E-state index in [1.165, 1.54) is 0 Å². The fraction of sp³-hybridized carbons (Fsp3) is 0.381. The van der Waals surface area contributed by atoms with Crippen LogP contribution in [0.1, 0.15) is 58.6 Å². The maximum absolute atomic E-state index is 12.6. The third-order valence-corrected chi connectivity index (χ3v) is 5.47. The normalized spacial score (nSPS) is 19.3. The number of aliphatic hydroxyl groups excluding tert-OH is 1. The monoisotopic (exact) mass is 383 g/mol. The number of halogens is 1. The smallest absolute Gasteiger partial charge is 0.270 e. The summed E-state index contributed by atoms with van der Waals surface area (Å²) in [6.45, 7) is 1.77. The van der Waals surface area contributed by atoms with Crippen molar-refractivity contribution < 1.29 is 9.90 Å². The molecule has 140 valence electrons. The molecule has 1 aromatic carbocycles. The van der Waals surface area contributed by atoms with Crippen molar-refractivity contribution in [3.8, 4) is 6.07 Å². The fourth-order valence-electron chi connectivity index (χ4n) is 3.41. The lowest BCUT2D eigenvalue weighted by Gasteiger charge is -2.28. The number of nitriles is 1. The van der Waals surface area contributed by atoms with E-state index in [2.05, 4.69) is 16.4 Å². The topological polar surface area (TPSA) is 86.0 Å². The number of aryl methyl sites for hydroxylation is 1. The number of nitrogens with one attached hydrogen (secondary N) is 1. The summed E-state index contributed by atoms with van der Waals surface area (Å²) in [4.78, 5) is 17.0. The third-order valence-electron chi connectivity index (χ3n) is 4.95. The minimum atomic E-state index is -0.505. The van der Waals surface area contributed by atoms with Gasteiger partial charge in [0.15, 0.2) is 0 Å². The van der Waals surface area contributed by atoms with Gasteiger partial charge in [-0.25, -0.2) is 4.98 Å². The molecule has 0 aliphatic heterocycles. The maximum Gasteiger partial charge on any atom is 0.270 e. The van der Waals surface area contributed by atoms with Crippen LogP contribution >= 0.6 is 11.6 Å². The van der Waals surface area contributed by atoms with E-state index >= 15 is 0 Å². The molecule has 27 heavy (non-hydrogen) atoms. The summed E-state index contributed by atoms with van der Waals surface area (Å²) in [6, 6.07) is 10.8. The molecule has 1 aromatic heterocycles. The Balaban J connectivity index is 1.80. The summed E-state index contributed by atoms with van der Waals surface area (Å²) in [7, 11) is 0. The largest absolute Gasteiger partial charge is 0.391 e. The molecule has 1 amide bonds. The van der Waals surface area contributed by atoms with Gasteiger partial charge in [0.2, 0.25) is 0 Å². The Kier molecular flexibility index (Phi) is 6.10. The van der Waals surface area contributed by atoms with Crippen molar-refractivity contribution in [1.29, 1.82) is 5.26 Å². The Bertz CT molecular complexity index is 874. The molecule has 1 aliphatic rings. The van der Waals surface area contributed by atoms with Crippen LogP contribution in [-0.4, -0.2) is 28.1 Å². The predicted molar refractivity (Wildman–Crippen MR) is 104 cm³/mol. The number of aliphatic hydroxyl groups is 1. The van der Waals surface area contributed by atoms with Gasteiger partial charge in [-0.05, 0) is 55.5 Å². The van der Waals surface area contributed by atoms with Gasteiger partial charge in [0.25, 0.3) is 5.91 Å². The lowest BCUT2D eigenvalue weighted by Crippen LogP contribution is -2.45. The standard InChI is InChI=1S/C21H22ClN3O2/c1-13-20(22)16(10-14-6-8-15(12-23)9-7-14)11-18(24-13)21(27)25-17-4-2-3-5-19(17)26/h6-9,11,17,19,26H,2-5,10H2,1H3,(H,25,27)/t17?,19-/m0/s1. The van der Waals surface area contributed by atoms with Crippen molar-refractivity contribution in [3.05, 3.63) is 63.4 Å². The molecular weight excluding hydrogens is 362 g/mol. The minimum absolute atomic E-state index is 0.231. The summed E-state index contributed by atoms with van der Waals surface area (Å²) >= 11 is 6.41. The van der Waals surface area contributed by atoms with Crippen molar-refractivity contribution in [2.45, 2.75) is 51.2 Å². The first-order valence-corrected chi connectivity index (χ1v) is 9.49. The Labute approximate surface area is 164 Å². The number of amides is 1. The van der Waals surface area contributed by atoms with Gasteiger partial charge in [-0.2, -0.15) is 5.26 Å². The molecule has 2 aromatic rings. The molecule has 0 bridgehead atoms. The number of hydrogen-bond donors (Lipinski definition) is 2. The lowest BCUT2D eigenvalue weighted by molar-refractivity contribution is 0.0713. The number of rotatable bonds is 4. The van der Waals surface area contributed by atoms with Crippen LogP contribution in [0, 0.1) is 18.3 Å². The van der Waals surface area contributed by atoms with Gasteiger partial charge >= 0.3 is 0 Å². The molecule has 0 saturated heterocycles. The quantitative estimate of drug-likeness (QED) is 0.845. The summed E-state index contributed by atoms with van der Waals surface area (Å²) in [5.74, 6) is -0.290. The van der Waals surface area contributed by atoms with Gasteiger partial charge in [0, 0.05) is 0 Å². The van der Waals surface area contributed by atoms with Gasteiger partial charge in [-0.1, -0.05) is 36.6 Å². The zero-order valence-corrected chi connectivity index (χ0v) is 16.0. The van der Waals surface area contributed by atoms with E-state index in [9.17, 15) is 9.90 Å². The van der Waals surface area contributed by atoms with Crippen molar-refractivity contribution >= 4 is 17.5 Å². The number of pyridine rings is 1. The van der Waals surface area contributed by atoms with Crippen LogP contribution in [0.15, 0.2) is 30.3 Å². The zero-order valence-electron chi connectivity index (χ0n) is 15.2. The number of benzene rings is 1. The second kappa shape index (κ2) is 8.51. The highest BCUT2D eigenvalue weighted by Crippen LogP contribution is 2.24. The van der Waals surface area contributed by atoms with E-state index in [0.717, 1.165) is 30.4 Å². The van der Waals surface area contributed by atoms with Crippen LogP contribution in [-0.2, 0) is 6.42 Å². The molecular formula is C21H22ClN3O2. The molecule has 1 saturated carbocycles.